The lowest BCUT2D eigenvalue weighted by Gasteiger charge is -2.34. The predicted molar refractivity (Wildman–Crippen MR) is 99.5 cm³/mol. The first-order valence-corrected chi connectivity index (χ1v) is 9.21. The summed E-state index contributed by atoms with van der Waals surface area (Å²) in [5.41, 5.74) is 2.54. The van der Waals surface area contributed by atoms with E-state index in [0.29, 0.717) is 5.41 Å². The van der Waals surface area contributed by atoms with Crippen LogP contribution in [0.3, 0.4) is 0 Å². The van der Waals surface area contributed by atoms with Gasteiger partial charge in [-0.05, 0) is 69.3 Å². The van der Waals surface area contributed by atoms with E-state index < -0.39 is 0 Å². The van der Waals surface area contributed by atoms with Crippen molar-refractivity contribution in [3.05, 3.63) is 29.6 Å². The Morgan fingerprint density at radius 2 is 1.79 bits per heavy atom. The fourth-order valence-corrected chi connectivity index (χ4v) is 4.71. The van der Waals surface area contributed by atoms with E-state index >= 15 is 0 Å². The van der Waals surface area contributed by atoms with Crippen LogP contribution in [0.5, 0.6) is 0 Å². The summed E-state index contributed by atoms with van der Waals surface area (Å²) in [5.74, 6) is -0.0272. The summed E-state index contributed by atoms with van der Waals surface area (Å²) in [6, 6.07) is 5.61. The standard InChI is InChI=1S/C19H28FN3.ClH/c20-17-4-3-5-18(23-11-1-2-12-23)16(17)14-22-13-8-19(15-22)6-9-21-10-7-19;/h3-5,21H,1-2,6-15H2;1H. The average molecular weight is 354 g/mol. The largest absolute Gasteiger partial charge is 0.371 e. The first-order valence-electron chi connectivity index (χ1n) is 9.21. The number of benzene rings is 1. The second-order valence-electron chi connectivity index (χ2n) is 7.64. The van der Waals surface area contributed by atoms with Gasteiger partial charge in [0.2, 0.25) is 0 Å². The highest BCUT2D eigenvalue weighted by Crippen LogP contribution is 2.40. The first-order chi connectivity index (χ1) is 11.3. The monoisotopic (exact) mass is 353 g/mol. The minimum Gasteiger partial charge on any atom is -0.371 e. The molecular weight excluding hydrogens is 325 g/mol. The minimum absolute atomic E-state index is 0. The summed E-state index contributed by atoms with van der Waals surface area (Å²) in [5, 5.41) is 3.47. The van der Waals surface area contributed by atoms with E-state index in [9.17, 15) is 4.39 Å². The van der Waals surface area contributed by atoms with Gasteiger partial charge in [0.15, 0.2) is 0 Å². The van der Waals surface area contributed by atoms with Crippen LogP contribution in [0, 0.1) is 11.2 Å². The van der Waals surface area contributed by atoms with Crippen molar-refractivity contribution in [3.63, 3.8) is 0 Å². The van der Waals surface area contributed by atoms with E-state index in [1.54, 1.807) is 6.07 Å². The Morgan fingerprint density at radius 1 is 1.04 bits per heavy atom. The van der Waals surface area contributed by atoms with Gasteiger partial charge in [-0.1, -0.05) is 6.07 Å². The summed E-state index contributed by atoms with van der Waals surface area (Å²) in [6.07, 6.45) is 6.30. The van der Waals surface area contributed by atoms with Crippen LogP contribution in [0.1, 0.15) is 37.7 Å². The van der Waals surface area contributed by atoms with Crippen LogP contribution in [0.15, 0.2) is 18.2 Å². The van der Waals surface area contributed by atoms with Crippen LogP contribution in [0.4, 0.5) is 10.1 Å². The van der Waals surface area contributed by atoms with Crippen LogP contribution < -0.4 is 10.2 Å². The van der Waals surface area contributed by atoms with Crippen molar-refractivity contribution in [1.29, 1.82) is 0 Å². The predicted octanol–water partition coefficient (Wildman–Crippen LogP) is 3.42. The zero-order valence-electron chi connectivity index (χ0n) is 14.4. The Labute approximate surface area is 151 Å². The molecule has 0 radical (unpaired) electrons. The molecule has 3 aliphatic rings. The molecule has 5 heteroatoms. The number of anilines is 1. The maximum Gasteiger partial charge on any atom is 0.129 e. The smallest absolute Gasteiger partial charge is 0.129 e. The van der Waals surface area contributed by atoms with Crippen molar-refractivity contribution in [3.8, 4) is 0 Å². The topological polar surface area (TPSA) is 18.5 Å². The van der Waals surface area contributed by atoms with Gasteiger partial charge in [0.05, 0.1) is 0 Å². The molecule has 0 aromatic heterocycles. The SMILES string of the molecule is Cl.Fc1cccc(N2CCCC2)c1CN1CCC2(CCNCC2)C1. The molecule has 0 amide bonds. The molecule has 3 fully saturated rings. The van der Waals surface area contributed by atoms with Gasteiger partial charge in [0.1, 0.15) is 5.82 Å². The molecule has 1 spiro atoms. The lowest BCUT2D eigenvalue weighted by atomic mass is 9.78. The van der Waals surface area contributed by atoms with Crippen molar-refractivity contribution in [2.75, 3.05) is 44.2 Å². The highest BCUT2D eigenvalue weighted by atomic mass is 35.5. The molecule has 1 aromatic rings. The molecule has 4 rings (SSSR count). The Balaban J connectivity index is 0.00000169. The maximum absolute atomic E-state index is 14.5. The number of nitrogens with one attached hydrogen (secondary N) is 1. The fraction of sp³-hybridized carbons (Fsp3) is 0.684. The molecule has 0 atom stereocenters. The molecule has 3 aliphatic heterocycles. The highest BCUT2D eigenvalue weighted by Gasteiger charge is 2.39. The molecule has 3 saturated heterocycles. The number of piperidine rings is 1. The normalized spacial score (nSPS) is 23.6. The third-order valence-electron chi connectivity index (χ3n) is 6.10. The maximum atomic E-state index is 14.5. The summed E-state index contributed by atoms with van der Waals surface area (Å²) < 4.78 is 14.5. The summed E-state index contributed by atoms with van der Waals surface area (Å²) >= 11 is 0. The Bertz CT molecular complexity index is 554. The van der Waals surface area contributed by atoms with Crippen LogP contribution in [0.2, 0.25) is 0 Å². The van der Waals surface area contributed by atoms with Crippen LogP contribution >= 0.6 is 12.4 Å². The molecule has 3 nitrogen and oxygen atoms in total. The molecular formula is C19H29ClFN3. The van der Waals surface area contributed by atoms with Crippen molar-refractivity contribution in [2.45, 2.75) is 38.6 Å². The van der Waals surface area contributed by atoms with Gasteiger partial charge < -0.3 is 10.2 Å². The van der Waals surface area contributed by atoms with Crippen LogP contribution in [-0.4, -0.2) is 44.2 Å². The van der Waals surface area contributed by atoms with Crippen molar-refractivity contribution >= 4 is 18.1 Å². The molecule has 1 N–H and O–H groups in total. The zero-order chi connectivity index (χ0) is 15.7. The van der Waals surface area contributed by atoms with E-state index in [2.05, 4.69) is 21.2 Å². The molecule has 1 aromatic carbocycles. The second-order valence-corrected chi connectivity index (χ2v) is 7.64. The fourth-order valence-electron chi connectivity index (χ4n) is 4.71. The number of halogens is 2. The Kier molecular flexibility index (Phi) is 5.68. The summed E-state index contributed by atoms with van der Waals surface area (Å²) in [4.78, 5) is 4.86. The third kappa shape index (κ3) is 3.56. The van der Waals surface area contributed by atoms with Gasteiger partial charge in [0, 0.05) is 37.4 Å². The molecule has 0 saturated carbocycles. The van der Waals surface area contributed by atoms with Gasteiger partial charge in [-0.25, -0.2) is 4.39 Å². The first kappa shape index (κ1) is 18.0. The molecule has 3 heterocycles. The highest BCUT2D eigenvalue weighted by molar-refractivity contribution is 5.85. The number of rotatable bonds is 3. The molecule has 0 aliphatic carbocycles. The van der Waals surface area contributed by atoms with Crippen LogP contribution in [-0.2, 0) is 6.54 Å². The molecule has 24 heavy (non-hydrogen) atoms. The van der Waals surface area contributed by atoms with Gasteiger partial charge in [-0.2, -0.15) is 0 Å². The number of likely N-dealkylation sites (tertiary alicyclic amines) is 1. The van der Waals surface area contributed by atoms with E-state index in [1.165, 1.54) is 32.1 Å². The van der Waals surface area contributed by atoms with Gasteiger partial charge in [0.25, 0.3) is 0 Å². The number of hydrogen-bond acceptors (Lipinski definition) is 3. The molecule has 0 unspecified atom stereocenters. The number of hydrogen-bond donors (Lipinski definition) is 1. The van der Waals surface area contributed by atoms with Gasteiger partial charge >= 0.3 is 0 Å². The van der Waals surface area contributed by atoms with E-state index in [1.807, 2.05) is 6.07 Å². The summed E-state index contributed by atoms with van der Waals surface area (Å²) in [6.45, 7) is 7.47. The van der Waals surface area contributed by atoms with Crippen molar-refractivity contribution in [1.82, 2.24) is 10.2 Å². The minimum atomic E-state index is -0.0272. The van der Waals surface area contributed by atoms with Crippen LogP contribution in [0.25, 0.3) is 0 Å². The Hall–Kier alpha value is -0.840. The number of nitrogens with zero attached hydrogens (tertiary/aromatic N) is 2. The van der Waals surface area contributed by atoms with Gasteiger partial charge in [-0.3, -0.25) is 4.90 Å². The average Bonchev–Trinajstić information content (AvgIpc) is 3.21. The lowest BCUT2D eigenvalue weighted by molar-refractivity contribution is 0.193. The summed E-state index contributed by atoms with van der Waals surface area (Å²) in [7, 11) is 0. The van der Waals surface area contributed by atoms with E-state index in [-0.39, 0.29) is 18.2 Å². The van der Waals surface area contributed by atoms with E-state index in [4.69, 9.17) is 0 Å². The van der Waals surface area contributed by atoms with Crippen molar-refractivity contribution < 1.29 is 4.39 Å². The lowest BCUT2D eigenvalue weighted by Crippen LogP contribution is -2.38. The second kappa shape index (κ2) is 7.59. The molecule has 134 valence electrons. The molecule has 0 bridgehead atoms. The van der Waals surface area contributed by atoms with Crippen molar-refractivity contribution in [2.24, 2.45) is 5.41 Å². The van der Waals surface area contributed by atoms with Gasteiger partial charge in [-0.15, -0.1) is 12.4 Å². The van der Waals surface area contributed by atoms with E-state index in [0.717, 1.165) is 57.1 Å². The Morgan fingerprint density at radius 3 is 2.54 bits per heavy atom. The third-order valence-corrected chi connectivity index (χ3v) is 6.10. The quantitative estimate of drug-likeness (QED) is 0.898. The zero-order valence-corrected chi connectivity index (χ0v) is 15.2.